The van der Waals surface area contributed by atoms with Crippen molar-refractivity contribution in [2.75, 3.05) is 26.7 Å². The number of hydrogen-bond acceptors (Lipinski definition) is 4. The Labute approximate surface area is 162 Å². The SMILES string of the molecule is CN(CCc1ccccn1)C(=O)CC[C@H]1CCCN(Cc2cccnc2)C1. The molecule has 1 atom stereocenters. The van der Waals surface area contributed by atoms with Crippen LogP contribution in [-0.2, 0) is 17.8 Å². The van der Waals surface area contributed by atoms with Gasteiger partial charge in [-0.25, -0.2) is 0 Å². The maximum absolute atomic E-state index is 12.5. The van der Waals surface area contributed by atoms with Crippen LogP contribution in [0.1, 0.15) is 36.9 Å². The molecule has 0 saturated carbocycles. The van der Waals surface area contributed by atoms with E-state index in [1.165, 1.54) is 18.4 Å². The average molecular weight is 367 g/mol. The molecule has 0 aliphatic carbocycles. The van der Waals surface area contributed by atoms with Crippen LogP contribution in [0.4, 0.5) is 0 Å². The van der Waals surface area contributed by atoms with E-state index in [1.54, 1.807) is 6.20 Å². The van der Waals surface area contributed by atoms with Crippen LogP contribution < -0.4 is 0 Å². The smallest absolute Gasteiger partial charge is 0.222 e. The van der Waals surface area contributed by atoms with Crippen molar-refractivity contribution >= 4 is 5.91 Å². The summed E-state index contributed by atoms with van der Waals surface area (Å²) in [6.07, 6.45) is 10.5. The number of carbonyl (C=O) groups is 1. The second kappa shape index (κ2) is 10.2. The Bertz CT molecular complexity index is 692. The third kappa shape index (κ3) is 6.43. The standard InChI is InChI=1S/C22H30N4O/c1-25(15-11-21-8-2-3-13-24-21)22(27)10-9-19-7-5-14-26(17-19)18-20-6-4-12-23-16-20/h2-4,6,8,12-13,16,19H,5,7,9-11,14-15,17-18H2,1H3/t19-/m1/s1. The first-order chi connectivity index (χ1) is 13.2. The highest BCUT2D eigenvalue weighted by molar-refractivity contribution is 5.75. The Hall–Kier alpha value is -2.27. The number of piperidine rings is 1. The number of amides is 1. The molecule has 1 saturated heterocycles. The third-order valence-corrected chi connectivity index (χ3v) is 5.35. The topological polar surface area (TPSA) is 49.3 Å². The molecule has 5 heteroatoms. The third-order valence-electron chi connectivity index (χ3n) is 5.35. The summed E-state index contributed by atoms with van der Waals surface area (Å²) in [5.74, 6) is 0.860. The highest BCUT2D eigenvalue weighted by atomic mass is 16.2. The van der Waals surface area contributed by atoms with E-state index < -0.39 is 0 Å². The van der Waals surface area contributed by atoms with E-state index in [0.29, 0.717) is 12.3 Å². The summed E-state index contributed by atoms with van der Waals surface area (Å²) in [4.78, 5) is 25.3. The monoisotopic (exact) mass is 366 g/mol. The Morgan fingerprint density at radius 2 is 2.19 bits per heavy atom. The molecule has 27 heavy (non-hydrogen) atoms. The number of rotatable bonds is 8. The van der Waals surface area contributed by atoms with Gasteiger partial charge in [0.1, 0.15) is 0 Å². The number of carbonyl (C=O) groups excluding carboxylic acids is 1. The largest absolute Gasteiger partial charge is 0.345 e. The average Bonchev–Trinajstić information content (AvgIpc) is 2.72. The van der Waals surface area contributed by atoms with Gasteiger partial charge in [-0.1, -0.05) is 12.1 Å². The molecule has 2 aromatic heterocycles. The maximum Gasteiger partial charge on any atom is 0.222 e. The van der Waals surface area contributed by atoms with Gasteiger partial charge in [0.25, 0.3) is 0 Å². The lowest BCUT2D eigenvalue weighted by Crippen LogP contribution is -2.36. The van der Waals surface area contributed by atoms with Crippen LogP contribution in [0.3, 0.4) is 0 Å². The fraction of sp³-hybridized carbons (Fsp3) is 0.500. The van der Waals surface area contributed by atoms with Gasteiger partial charge in [0, 0.05) is 63.8 Å². The van der Waals surface area contributed by atoms with Crippen LogP contribution in [0.2, 0.25) is 0 Å². The van der Waals surface area contributed by atoms with Gasteiger partial charge in [0.2, 0.25) is 5.91 Å². The molecule has 0 aromatic carbocycles. The van der Waals surface area contributed by atoms with Crippen molar-refractivity contribution in [3.63, 3.8) is 0 Å². The zero-order chi connectivity index (χ0) is 18.9. The molecule has 0 radical (unpaired) electrons. The lowest BCUT2D eigenvalue weighted by molar-refractivity contribution is -0.130. The van der Waals surface area contributed by atoms with E-state index in [4.69, 9.17) is 0 Å². The number of nitrogens with zero attached hydrogens (tertiary/aromatic N) is 4. The molecule has 144 valence electrons. The molecule has 0 spiro atoms. The van der Waals surface area contributed by atoms with Crippen molar-refractivity contribution in [3.05, 3.63) is 60.2 Å². The summed E-state index contributed by atoms with van der Waals surface area (Å²) in [6.45, 7) is 3.92. The molecule has 1 fully saturated rings. The zero-order valence-corrected chi connectivity index (χ0v) is 16.3. The zero-order valence-electron chi connectivity index (χ0n) is 16.3. The molecule has 2 aromatic rings. The van der Waals surface area contributed by atoms with E-state index >= 15 is 0 Å². The van der Waals surface area contributed by atoms with Crippen molar-refractivity contribution in [3.8, 4) is 0 Å². The molecular weight excluding hydrogens is 336 g/mol. The minimum atomic E-state index is 0.246. The second-order valence-electron chi connectivity index (χ2n) is 7.53. The minimum Gasteiger partial charge on any atom is -0.345 e. The van der Waals surface area contributed by atoms with Crippen LogP contribution in [0.25, 0.3) is 0 Å². The Morgan fingerprint density at radius 3 is 2.96 bits per heavy atom. The fourth-order valence-corrected chi connectivity index (χ4v) is 3.75. The van der Waals surface area contributed by atoms with E-state index in [0.717, 1.165) is 44.7 Å². The Kier molecular flexibility index (Phi) is 7.34. The molecule has 1 aliphatic heterocycles. The number of likely N-dealkylation sites (tertiary alicyclic amines) is 1. The first-order valence-corrected chi connectivity index (χ1v) is 9.96. The van der Waals surface area contributed by atoms with Crippen molar-refractivity contribution < 1.29 is 4.79 Å². The molecular formula is C22H30N4O. The van der Waals surface area contributed by atoms with Crippen molar-refractivity contribution in [2.24, 2.45) is 5.92 Å². The van der Waals surface area contributed by atoms with E-state index in [1.807, 2.05) is 48.6 Å². The highest BCUT2D eigenvalue weighted by Crippen LogP contribution is 2.22. The lowest BCUT2D eigenvalue weighted by atomic mass is 9.93. The molecule has 1 amide bonds. The van der Waals surface area contributed by atoms with E-state index in [-0.39, 0.29) is 5.91 Å². The second-order valence-corrected chi connectivity index (χ2v) is 7.53. The van der Waals surface area contributed by atoms with Crippen LogP contribution in [0.5, 0.6) is 0 Å². The van der Waals surface area contributed by atoms with E-state index in [9.17, 15) is 4.79 Å². The molecule has 0 N–H and O–H groups in total. The van der Waals surface area contributed by atoms with Gasteiger partial charge in [-0.2, -0.15) is 0 Å². The summed E-state index contributed by atoms with van der Waals surface area (Å²) in [6, 6.07) is 10.1. The summed E-state index contributed by atoms with van der Waals surface area (Å²) < 4.78 is 0. The maximum atomic E-state index is 12.5. The van der Waals surface area contributed by atoms with Crippen LogP contribution in [-0.4, -0.2) is 52.4 Å². The van der Waals surface area contributed by atoms with E-state index in [2.05, 4.69) is 20.9 Å². The lowest BCUT2D eigenvalue weighted by Gasteiger charge is -2.33. The number of hydrogen-bond donors (Lipinski definition) is 0. The van der Waals surface area contributed by atoms with Crippen molar-refractivity contribution in [1.82, 2.24) is 19.8 Å². The van der Waals surface area contributed by atoms with Crippen molar-refractivity contribution in [2.45, 2.75) is 38.6 Å². The minimum absolute atomic E-state index is 0.246. The van der Waals surface area contributed by atoms with Gasteiger partial charge in [-0.3, -0.25) is 19.7 Å². The van der Waals surface area contributed by atoms with Gasteiger partial charge >= 0.3 is 0 Å². The number of aromatic nitrogens is 2. The fourth-order valence-electron chi connectivity index (χ4n) is 3.75. The molecule has 0 bridgehead atoms. The van der Waals surface area contributed by atoms with Gasteiger partial charge in [-0.05, 0) is 55.5 Å². The van der Waals surface area contributed by atoms with Gasteiger partial charge < -0.3 is 4.90 Å². The first kappa shape index (κ1) is 19.5. The predicted octanol–water partition coefficient (Wildman–Crippen LogP) is 3.17. The summed E-state index contributed by atoms with van der Waals surface area (Å²) in [7, 11) is 1.90. The number of pyridine rings is 2. The summed E-state index contributed by atoms with van der Waals surface area (Å²) in [5, 5.41) is 0. The Morgan fingerprint density at radius 1 is 1.26 bits per heavy atom. The Balaban J connectivity index is 1.38. The molecule has 5 nitrogen and oxygen atoms in total. The molecule has 1 aliphatic rings. The summed E-state index contributed by atoms with van der Waals surface area (Å²) in [5.41, 5.74) is 2.30. The summed E-state index contributed by atoms with van der Waals surface area (Å²) >= 11 is 0. The van der Waals surface area contributed by atoms with Gasteiger partial charge in [0.15, 0.2) is 0 Å². The van der Waals surface area contributed by atoms with Crippen molar-refractivity contribution in [1.29, 1.82) is 0 Å². The van der Waals surface area contributed by atoms with Crippen LogP contribution in [0, 0.1) is 5.92 Å². The number of likely N-dealkylation sites (N-methyl/N-ethyl adjacent to an activating group) is 1. The first-order valence-electron chi connectivity index (χ1n) is 9.96. The van der Waals surface area contributed by atoms with Gasteiger partial charge in [-0.15, -0.1) is 0 Å². The molecule has 0 unspecified atom stereocenters. The molecule has 3 rings (SSSR count). The van der Waals surface area contributed by atoms with Gasteiger partial charge in [0.05, 0.1) is 0 Å². The van der Waals surface area contributed by atoms with Crippen LogP contribution in [0.15, 0.2) is 48.9 Å². The van der Waals surface area contributed by atoms with Crippen LogP contribution >= 0.6 is 0 Å². The normalized spacial score (nSPS) is 17.6. The predicted molar refractivity (Wildman–Crippen MR) is 107 cm³/mol. The quantitative estimate of drug-likeness (QED) is 0.720. The highest BCUT2D eigenvalue weighted by Gasteiger charge is 2.21. The molecule has 3 heterocycles.